The van der Waals surface area contributed by atoms with Crippen molar-refractivity contribution in [2.24, 2.45) is 5.10 Å². The van der Waals surface area contributed by atoms with E-state index in [0.717, 1.165) is 26.6 Å². The van der Waals surface area contributed by atoms with E-state index in [-0.39, 0.29) is 4.90 Å². The molecule has 1 amide bonds. The quantitative estimate of drug-likeness (QED) is 0.451. The van der Waals surface area contributed by atoms with Crippen molar-refractivity contribution in [1.29, 1.82) is 0 Å². The molecule has 3 aromatic rings. The Morgan fingerprint density at radius 1 is 0.903 bits per heavy atom. The molecule has 31 heavy (non-hydrogen) atoms. The molecule has 0 aliphatic rings. The highest BCUT2D eigenvalue weighted by Gasteiger charge is 2.27. The van der Waals surface area contributed by atoms with Crippen molar-refractivity contribution in [2.45, 2.75) is 25.7 Å². The fraction of sp³-hybridized carbons (Fsp3) is 0.167. The lowest BCUT2D eigenvalue weighted by atomic mass is 10.2. The molecule has 0 heterocycles. The number of sulfonamides is 1. The van der Waals surface area contributed by atoms with Crippen molar-refractivity contribution < 1.29 is 13.2 Å². The first-order valence-electron chi connectivity index (χ1n) is 9.80. The number of hydrogen-bond acceptors (Lipinski definition) is 4. The summed E-state index contributed by atoms with van der Waals surface area (Å²) in [5.74, 6) is -0.541. The van der Waals surface area contributed by atoms with Gasteiger partial charge in [-0.05, 0) is 56.2 Å². The first-order chi connectivity index (χ1) is 14.8. The van der Waals surface area contributed by atoms with Crippen LogP contribution >= 0.6 is 0 Å². The van der Waals surface area contributed by atoms with Crippen molar-refractivity contribution in [3.63, 3.8) is 0 Å². The minimum Gasteiger partial charge on any atom is -0.271 e. The SMILES string of the molecule is Cc1ccc(S(=O)(=O)N(CC(=O)N/N=C/c2cccc(C)c2)c2cccc(C)c2)cc1. The number of carbonyl (C=O) groups is 1. The number of carbonyl (C=O) groups excluding carboxylic acids is 1. The predicted molar refractivity (Wildman–Crippen MR) is 124 cm³/mol. The molecular weight excluding hydrogens is 410 g/mol. The zero-order chi connectivity index (χ0) is 22.4. The van der Waals surface area contributed by atoms with Crippen LogP contribution in [0.15, 0.2) is 82.8 Å². The molecule has 0 aromatic heterocycles. The molecule has 0 spiro atoms. The average Bonchev–Trinajstić information content (AvgIpc) is 2.72. The molecule has 0 saturated carbocycles. The van der Waals surface area contributed by atoms with E-state index in [1.165, 1.54) is 6.21 Å². The van der Waals surface area contributed by atoms with Gasteiger partial charge in [-0.2, -0.15) is 5.10 Å². The van der Waals surface area contributed by atoms with Crippen LogP contribution in [0.4, 0.5) is 5.69 Å². The van der Waals surface area contributed by atoms with Gasteiger partial charge in [0.05, 0.1) is 16.8 Å². The normalized spacial score (nSPS) is 11.5. The van der Waals surface area contributed by atoms with Crippen molar-refractivity contribution in [1.82, 2.24) is 5.43 Å². The zero-order valence-electron chi connectivity index (χ0n) is 17.7. The van der Waals surface area contributed by atoms with E-state index in [4.69, 9.17) is 0 Å². The molecule has 0 bridgehead atoms. The van der Waals surface area contributed by atoms with Crippen LogP contribution in [0.5, 0.6) is 0 Å². The standard InChI is InChI=1S/C24H25N3O3S/c1-18-10-12-23(13-11-18)31(29,30)27(22-9-5-7-20(3)15-22)17-24(28)26-25-16-21-8-4-6-19(2)14-21/h4-16H,17H2,1-3H3,(H,26,28)/b25-16+. The van der Waals surface area contributed by atoms with Gasteiger partial charge in [-0.3, -0.25) is 9.10 Å². The third-order valence-corrected chi connectivity index (χ3v) is 6.42. The number of amides is 1. The maximum atomic E-state index is 13.3. The van der Waals surface area contributed by atoms with E-state index >= 15 is 0 Å². The van der Waals surface area contributed by atoms with Crippen molar-refractivity contribution >= 4 is 27.8 Å². The minimum absolute atomic E-state index is 0.121. The van der Waals surface area contributed by atoms with Gasteiger partial charge in [-0.1, -0.05) is 59.7 Å². The molecule has 3 rings (SSSR count). The van der Waals surface area contributed by atoms with Gasteiger partial charge in [0.2, 0.25) is 0 Å². The highest BCUT2D eigenvalue weighted by Crippen LogP contribution is 2.24. The molecule has 0 fully saturated rings. The molecule has 0 unspecified atom stereocenters. The molecule has 7 heteroatoms. The van der Waals surface area contributed by atoms with Crippen molar-refractivity contribution in [3.8, 4) is 0 Å². The summed E-state index contributed by atoms with van der Waals surface area (Å²) in [7, 11) is -3.94. The number of anilines is 1. The fourth-order valence-corrected chi connectivity index (χ4v) is 4.44. The van der Waals surface area contributed by atoms with Crippen LogP contribution in [0.3, 0.4) is 0 Å². The van der Waals surface area contributed by atoms with Crippen LogP contribution in [0.25, 0.3) is 0 Å². The Hall–Kier alpha value is -3.45. The second-order valence-electron chi connectivity index (χ2n) is 7.37. The van der Waals surface area contributed by atoms with Crippen molar-refractivity contribution in [2.75, 3.05) is 10.8 Å². The lowest BCUT2D eigenvalue weighted by molar-refractivity contribution is -0.119. The van der Waals surface area contributed by atoms with Crippen LogP contribution in [0, 0.1) is 20.8 Å². The number of aryl methyl sites for hydroxylation is 3. The summed E-state index contributed by atoms with van der Waals surface area (Å²) in [6.45, 7) is 5.32. The molecule has 3 aromatic carbocycles. The summed E-state index contributed by atoms with van der Waals surface area (Å²) >= 11 is 0. The second-order valence-corrected chi connectivity index (χ2v) is 9.23. The summed E-state index contributed by atoms with van der Waals surface area (Å²) < 4.78 is 27.8. The lowest BCUT2D eigenvalue weighted by Gasteiger charge is -2.24. The van der Waals surface area contributed by atoms with Gasteiger partial charge in [0.15, 0.2) is 0 Å². The van der Waals surface area contributed by atoms with Gasteiger partial charge >= 0.3 is 0 Å². The molecule has 0 saturated heterocycles. The van der Waals surface area contributed by atoms with Gasteiger partial charge in [-0.25, -0.2) is 13.8 Å². The number of nitrogens with zero attached hydrogens (tertiary/aromatic N) is 2. The third-order valence-electron chi connectivity index (χ3n) is 4.63. The minimum atomic E-state index is -3.94. The number of hydrogen-bond donors (Lipinski definition) is 1. The molecule has 6 nitrogen and oxygen atoms in total. The Bertz CT molecular complexity index is 1200. The van der Waals surface area contributed by atoms with Gasteiger partial charge < -0.3 is 0 Å². The summed E-state index contributed by atoms with van der Waals surface area (Å²) in [6.07, 6.45) is 1.52. The van der Waals surface area contributed by atoms with E-state index in [1.807, 2.05) is 51.1 Å². The third kappa shape index (κ3) is 5.79. The summed E-state index contributed by atoms with van der Waals surface area (Å²) in [5.41, 5.74) is 6.58. The lowest BCUT2D eigenvalue weighted by Crippen LogP contribution is -2.39. The Kier molecular flexibility index (Phi) is 6.87. The Morgan fingerprint density at radius 3 is 2.19 bits per heavy atom. The van der Waals surface area contributed by atoms with E-state index in [2.05, 4.69) is 10.5 Å². The smallest absolute Gasteiger partial charge is 0.264 e. The van der Waals surface area contributed by atoms with E-state index in [1.54, 1.807) is 42.5 Å². The molecular formula is C24H25N3O3S. The van der Waals surface area contributed by atoms with Crippen molar-refractivity contribution in [3.05, 3.63) is 95.1 Å². The first kappa shape index (κ1) is 22.2. The van der Waals surface area contributed by atoms with Gasteiger partial charge in [-0.15, -0.1) is 0 Å². The maximum Gasteiger partial charge on any atom is 0.264 e. The fourth-order valence-electron chi connectivity index (χ4n) is 3.03. The topological polar surface area (TPSA) is 78.8 Å². The average molecular weight is 436 g/mol. The second kappa shape index (κ2) is 9.57. The van der Waals surface area contributed by atoms with E-state index in [9.17, 15) is 13.2 Å². The first-order valence-corrected chi connectivity index (χ1v) is 11.2. The predicted octanol–water partition coefficient (Wildman–Crippen LogP) is 3.96. The van der Waals surface area contributed by atoms with Gasteiger partial charge in [0, 0.05) is 0 Å². The van der Waals surface area contributed by atoms with Crippen LogP contribution < -0.4 is 9.73 Å². The molecule has 0 radical (unpaired) electrons. The van der Waals surface area contributed by atoms with Gasteiger partial charge in [0.25, 0.3) is 15.9 Å². The summed E-state index contributed by atoms with van der Waals surface area (Å²) in [5, 5.41) is 3.97. The van der Waals surface area contributed by atoms with E-state index < -0.39 is 22.5 Å². The zero-order valence-corrected chi connectivity index (χ0v) is 18.6. The molecule has 0 aliphatic heterocycles. The van der Waals surface area contributed by atoms with Crippen LogP contribution in [-0.4, -0.2) is 27.1 Å². The van der Waals surface area contributed by atoms with Crippen LogP contribution in [-0.2, 0) is 14.8 Å². The number of hydrazone groups is 1. The highest BCUT2D eigenvalue weighted by molar-refractivity contribution is 7.92. The number of benzene rings is 3. The summed E-state index contributed by atoms with van der Waals surface area (Å²) in [4.78, 5) is 12.7. The molecule has 0 aliphatic carbocycles. The highest BCUT2D eigenvalue weighted by atomic mass is 32.2. The molecule has 0 atom stereocenters. The Labute approximate surface area is 183 Å². The largest absolute Gasteiger partial charge is 0.271 e. The van der Waals surface area contributed by atoms with E-state index in [0.29, 0.717) is 5.69 Å². The van der Waals surface area contributed by atoms with Crippen LogP contribution in [0.2, 0.25) is 0 Å². The molecule has 160 valence electrons. The number of rotatable bonds is 7. The maximum absolute atomic E-state index is 13.3. The molecule has 1 N–H and O–H groups in total. The number of nitrogens with one attached hydrogen (secondary N) is 1. The Morgan fingerprint density at radius 2 is 1.55 bits per heavy atom. The van der Waals surface area contributed by atoms with Gasteiger partial charge in [0.1, 0.15) is 6.54 Å². The summed E-state index contributed by atoms with van der Waals surface area (Å²) in [6, 6.07) is 21.2. The van der Waals surface area contributed by atoms with Crippen LogP contribution in [0.1, 0.15) is 22.3 Å². The monoisotopic (exact) mass is 435 g/mol. The Balaban J connectivity index is 1.84.